The van der Waals surface area contributed by atoms with Crippen molar-refractivity contribution >= 4 is 19.7 Å². The van der Waals surface area contributed by atoms with Gasteiger partial charge < -0.3 is 4.74 Å². The third-order valence-electron chi connectivity index (χ3n) is 2.66. The van der Waals surface area contributed by atoms with Gasteiger partial charge in [-0.25, -0.2) is 12.8 Å². The van der Waals surface area contributed by atoms with E-state index in [-0.39, 0.29) is 16.7 Å². The second kappa shape index (κ2) is 5.37. The third-order valence-corrected chi connectivity index (χ3v) is 3.81. The van der Waals surface area contributed by atoms with Gasteiger partial charge >= 0.3 is 0 Å². The molecule has 9 heteroatoms. The highest BCUT2D eigenvalue weighted by Crippen LogP contribution is 2.27. The molecular formula is C11H11ClFN3O3S. The second-order valence-electron chi connectivity index (χ2n) is 3.84. The molecule has 0 aliphatic heterocycles. The molecular weight excluding hydrogens is 309 g/mol. The van der Waals surface area contributed by atoms with E-state index in [1.54, 1.807) is 6.92 Å². The van der Waals surface area contributed by atoms with Crippen molar-refractivity contribution in [3.63, 3.8) is 0 Å². The van der Waals surface area contributed by atoms with E-state index in [1.807, 2.05) is 0 Å². The molecule has 2 rings (SSSR count). The van der Waals surface area contributed by atoms with Crippen molar-refractivity contribution in [3.8, 4) is 17.1 Å². The lowest BCUT2D eigenvalue weighted by Crippen LogP contribution is -2.06. The minimum atomic E-state index is -4.00. The maximum Gasteiger partial charge on any atom is 0.296 e. The maximum atomic E-state index is 13.4. The first-order chi connectivity index (χ1) is 9.38. The van der Waals surface area contributed by atoms with E-state index in [4.69, 9.17) is 15.4 Å². The highest BCUT2D eigenvalue weighted by atomic mass is 35.7. The zero-order valence-electron chi connectivity index (χ0n) is 10.7. The Hall–Kier alpha value is -1.67. The molecule has 6 nitrogen and oxygen atoms in total. The second-order valence-corrected chi connectivity index (χ2v) is 6.30. The van der Waals surface area contributed by atoms with Crippen molar-refractivity contribution in [1.82, 2.24) is 14.8 Å². The van der Waals surface area contributed by atoms with Gasteiger partial charge in [0.05, 0.1) is 7.11 Å². The van der Waals surface area contributed by atoms with Gasteiger partial charge in [0.15, 0.2) is 17.4 Å². The van der Waals surface area contributed by atoms with E-state index in [0.717, 1.165) is 0 Å². The Morgan fingerprint density at radius 3 is 2.65 bits per heavy atom. The molecule has 0 saturated carbocycles. The Balaban J connectivity index is 2.62. The molecule has 0 spiro atoms. The van der Waals surface area contributed by atoms with Crippen LogP contribution in [0.2, 0.25) is 0 Å². The zero-order valence-corrected chi connectivity index (χ0v) is 12.2. The van der Waals surface area contributed by atoms with Crippen LogP contribution in [0.15, 0.2) is 23.4 Å². The minimum Gasteiger partial charge on any atom is -0.494 e. The summed E-state index contributed by atoms with van der Waals surface area (Å²) in [6, 6.07) is 4.08. The zero-order chi connectivity index (χ0) is 14.9. The summed E-state index contributed by atoms with van der Waals surface area (Å²) < 4.78 is 42.4. The smallest absolute Gasteiger partial charge is 0.296 e. The first kappa shape index (κ1) is 14.7. The molecule has 0 atom stereocenters. The number of halogens is 2. The standard InChI is InChI=1S/C11H11ClFN3O3S/c1-3-16-10(14-15-11(16)20(12,17)18)7-4-5-8(13)9(6-7)19-2/h4-6H,3H2,1-2H3. The fourth-order valence-corrected chi connectivity index (χ4v) is 2.73. The average molecular weight is 320 g/mol. The number of aromatic nitrogens is 3. The molecule has 1 aromatic carbocycles. The normalized spacial score (nSPS) is 11.6. The number of methoxy groups -OCH3 is 1. The van der Waals surface area contributed by atoms with Crippen LogP contribution in [0.4, 0.5) is 4.39 Å². The minimum absolute atomic E-state index is 0.0310. The van der Waals surface area contributed by atoms with Gasteiger partial charge in [0.1, 0.15) is 0 Å². The van der Waals surface area contributed by atoms with Crippen LogP contribution < -0.4 is 4.74 Å². The van der Waals surface area contributed by atoms with Crippen molar-refractivity contribution < 1.29 is 17.5 Å². The van der Waals surface area contributed by atoms with Crippen LogP contribution in [-0.4, -0.2) is 30.3 Å². The van der Waals surface area contributed by atoms with Gasteiger partial charge in [-0.1, -0.05) is 0 Å². The van der Waals surface area contributed by atoms with E-state index in [1.165, 1.54) is 29.9 Å². The first-order valence-corrected chi connectivity index (χ1v) is 7.91. The van der Waals surface area contributed by atoms with E-state index in [0.29, 0.717) is 12.1 Å². The van der Waals surface area contributed by atoms with Gasteiger partial charge in [0, 0.05) is 22.8 Å². The van der Waals surface area contributed by atoms with Crippen molar-refractivity contribution in [2.45, 2.75) is 18.6 Å². The van der Waals surface area contributed by atoms with Crippen molar-refractivity contribution in [2.24, 2.45) is 0 Å². The molecule has 20 heavy (non-hydrogen) atoms. The fourth-order valence-electron chi connectivity index (χ4n) is 1.77. The van der Waals surface area contributed by atoms with Gasteiger partial charge in [-0.3, -0.25) is 4.57 Å². The Morgan fingerprint density at radius 1 is 1.40 bits per heavy atom. The van der Waals surface area contributed by atoms with E-state index >= 15 is 0 Å². The molecule has 2 aromatic rings. The number of hydrogen-bond acceptors (Lipinski definition) is 5. The van der Waals surface area contributed by atoms with Crippen LogP contribution in [0.25, 0.3) is 11.4 Å². The van der Waals surface area contributed by atoms with Crippen LogP contribution in [0.1, 0.15) is 6.92 Å². The van der Waals surface area contributed by atoms with Gasteiger partial charge in [-0.2, -0.15) is 0 Å². The molecule has 0 N–H and O–H groups in total. The summed E-state index contributed by atoms with van der Waals surface area (Å²) in [7, 11) is 2.63. The van der Waals surface area contributed by atoms with Crippen molar-refractivity contribution in [1.29, 1.82) is 0 Å². The maximum absolute atomic E-state index is 13.4. The molecule has 0 radical (unpaired) electrons. The number of nitrogens with zero attached hydrogens (tertiary/aromatic N) is 3. The molecule has 1 heterocycles. The van der Waals surface area contributed by atoms with Crippen molar-refractivity contribution in [2.75, 3.05) is 7.11 Å². The molecule has 0 fully saturated rings. The SMILES string of the molecule is CCn1c(-c2ccc(F)c(OC)c2)nnc1S(=O)(=O)Cl. The largest absolute Gasteiger partial charge is 0.494 e. The van der Waals surface area contributed by atoms with Crippen LogP contribution in [0.5, 0.6) is 5.75 Å². The van der Waals surface area contributed by atoms with E-state index in [9.17, 15) is 12.8 Å². The fraction of sp³-hybridized carbons (Fsp3) is 0.273. The summed E-state index contributed by atoms with van der Waals surface area (Å²) in [6.45, 7) is 2.02. The summed E-state index contributed by atoms with van der Waals surface area (Å²) in [6.07, 6.45) is 0. The van der Waals surface area contributed by atoms with Crippen LogP contribution >= 0.6 is 10.7 Å². The topological polar surface area (TPSA) is 74.1 Å². The highest BCUT2D eigenvalue weighted by Gasteiger charge is 2.22. The Bertz CT molecular complexity index is 745. The number of ether oxygens (including phenoxy) is 1. The monoisotopic (exact) mass is 319 g/mol. The summed E-state index contributed by atoms with van der Waals surface area (Å²) in [4.78, 5) is 0. The summed E-state index contributed by atoms with van der Waals surface area (Å²) in [5.41, 5.74) is 0.476. The third kappa shape index (κ3) is 2.61. The predicted molar refractivity (Wildman–Crippen MR) is 70.7 cm³/mol. The average Bonchev–Trinajstić information content (AvgIpc) is 2.83. The van der Waals surface area contributed by atoms with Gasteiger partial charge in [-0.05, 0) is 25.1 Å². The summed E-state index contributed by atoms with van der Waals surface area (Å²) >= 11 is 0. The lowest BCUT2D eigenvalue weighted by atomic mass is 10.2. The quantitative estimate of drug-likeness (QED) is 0.806. The number of benzene rings is 1. The van der Waals surface area contributed by atoms with Gasteiger partial charge in [-0.15, -0.1) is 10.2 Å². The van der Waals surface area contributed by atoms with Crippen LogP contribution in [-0.2, 0) is 15.6 Å². The number of rotatable bonds is 4. The Labute approximate surface area is 119 Å². The molecule has 0 saturated heterocycles. The lowest BCUT2D eigenvalue weighted by Gasteiger charge is -2.07. The first-order valence-electron chi connectivity index (χ1n) is 5.60. The molecule has 0 bridgehead atoms. The van der Waals surface area contributed by atoms with Gasteiger partial charge in [0.2, 0.25) is 0 Å². The van der Waals surface area contributed by atoms with E-state index < -0.39 is 14.9 Å². The Morgan fingerprint density at radius 2 is 2.10 bits per heavy atom. The van der Waals surface area contributed by atoms with E-state index in [2.05, 4.69) is 10.2 Å². The summed E-state index contributed by atoms with van der Waals surface area (Å²) in [5.74, 6) is -0.225. The lowest BCUT2D eigenvalue weighted by molar-refractivity contribution is 0.386. The summed E-state index contributed by atoms with van der Waals surface area (Å²) in [5, 5.41) is 7.02. The molecule has 0 amide bonds. The van der Waals surface area contributed by atoms with Crippen LogP contribution in [0, 0.1) is 5.82 Å². The molecule has 1 aromatic heterocycles. The highest BCUT2D eigenvalue weighted by molar-refractivity contribution is 8.13. The molecule has 0 aliphatic rings. The Kier molecular flexibility index (Phi) is 3.96. The molecule has 108 valence electrons. The van der Waals surface area contributed by atoms with Crippen LogP contribution in [0.3, 0.4) is 0 Å². The number of hydrogen-bond donors (Lipinski definition) is 0. The predicted octanol–water partition coefficient (Wildman–Crippen LogP) is 2.04. The van der Waals surface area contributed by atoms with Crippen molar-refractivity contribution in [3.05, 3.63) is 24.0 Å². The molecule has 0 unspecified atom stereocenters. The molecule has 0 aliphatic carbocycles. The van der Waals surface area contributed by atoms with Gasteiger partial charge in [0.25, 0.3) is 14.2 Å².